The molecule has 0 aromatic carbocycles. The maximum absolute atomic E-state index is 7.74. The first kappa shape index (κ1) is 3.03. The summed E-state index contributed by atoms with van der Waals surface area (Å²) in [4.78, 5) is 0. The summed E-state index contributed by atoms with van der Waals surface area (Å²) < 4.78 is 32.0. The Bertz CT molecular complexity index is 346. The molecule has 0 bridgehead atoms. The number of rotatable bonds is 0. The van der Waals surface area contributed by atoms with Gasteiger partial charge in [0.05, 0.1) is 0 Å². The average Bonchev–Trinajstić information content (AvgIpc) is 2.48. The Morgan fingerprint density at radius 3 is 3.60 bits per heavy atom. The molecular weight excluding hydrogens is 126 g/mol. The molecule has 0 amide bonds. The molecule has 0 atom stereocenters. The van der Waals surface area contributed by atoms with Crippen LogP contribution in [0.15, 0.2) is 6.33 Å². The minimum absolute atomic E-state index is 0.212. The quantitative estimate of drug-likeness (QED) is 0.539. The summed E-state index contributed by atoms with van der Waals surface area (Å²) in [5.41, 5.74) is 0. The van der Waals surface area contributed by atoms with E-state index in [0.717, 1.165) is 0 Å². The standard InChI is InChI=1S/C7H11N3/c1-2-4-7-9-8-6-10(7)5-3-1/h6H,1-5H2/i3D2,5D2. The Hall–Kier alpha value is -0.860. The van der Waals surface area contributed by atoms with Crippen molar-refractivity contribution in [3.8, 4) is 0 Å². The summed E-state index contributed by atoms with van der Waals surface area (Å²) in [6, 6.07) is 0. The molecule has 2 rings (SSSR count). The van der Waals surface area contributed by atoms with Gasteiger partial charge < -0.3 is 4.57 Å². The Morgan fingerprint density at radius 1 is 1.60 bits per heavy atom. The molecule has 2 heterocycles. The van der Waals surface area contributed by atoms with Crippen molar-refractivity contribution >= 4 is 0 Å². The van der Waals surface area contributed by atoms with E-state index < -0.39 is 12.9 Å². The molecule has 0 unspecified atom stereocenters. The Kier molecular flexibility index (Phi) is 0.728. The summed E-state index contributed by atoms with van der Waals surface area (Å²) in [6.45, 7) is -2.05. The fraction of sp³-hybridized carbons (Fsp3) is 0.714. The van der Waals surface area contributed by atoms with Crippen molar-refractivity contribution in [2.45, 2.75) is 32.1 Å². The molecule has 0 fully saturated rings. The van der Waals surface area contributed by atoms with Gasteiger partial charge in [-0.2, -0.15) is 0 Å². The lowest BCUT2D eigenvalue weighted by Crippen LogP contribution is -1.98. The molecule has 0 radical (unpaired) electrons. The van der Waals surface area contributed by atoms with E-state index in [0.29, 0.717) is 18.7 Å². The van der Waals surface area contributed by atoms with E-state index in [9.17, 15) is 0 Å². The van der Waals surface area contributed by atoms with Crippen LogP contribution in [0.5, 0.6) is 0 Å². The monoisotopic (exact) mass is 141 g/mol. The number of nitrogens with zero attached hydrogens (tertiary/aromatic N) is 3. The number of aromatic nitrogens is 3. The SMILES string of the molecule is [2H]C1([2H])CCCc2nncn2C1([2H])[2H]. The van der Waals surface area contributed by atoms with E-state index >= 15 is 0 Å². The zero-order valence-electron chi connectivity index (χ0n) is 9.54. The smallest absolute Gasteiger partial charge is 0.132 e. The van der Waals surface area contributed by atoms with Crippen LogP contribution in [0.25, 0.3) is 0 Å². The summed E-state index contributed by atoms with van der Waals surface area (Å²) in [6.07, 6.45) is 0.798. The maximum atomic E-state index is 7.74. The van der Waals surface area contributed by atoms with E-state index in [-0.39, 0.29) is 6.42 Å². The highest BCUT2D eigenvalue weighted by molar-refractivity contribution is 4.87. The van der Waals surface area contributed by atoms with Crippen molar-refractivity contribution < 1.29 is 5.48 Å². The van der Waals surface area contributed by atoms with Crippen LogP contribution >= 0.6 is 0 Å². The molecule has 1 aliphatic rings. The van der Waals surface area contributed by atoms with Crippen LogP contribution in [0.1, 0.15) is 30.5 Å². The van der Waals surface area contributed by atoms with E-state index in [4.69, 9.17) is 5.48 Å². The van der Waals surface area contributed by atoms with Crippen LogP contribution in [0.2, 0.25) is 0 Å². The van der Waals surface area contributed by atoms with Gasteiger partial charge in [-0.3, -0.25) is 0 Å². The van der Waals surface area contributed by atoms with E-state index in [2.05, 4.69) is 10.2 Å². The first-order chi connectivity index (χ1) is 6.45. The molecule has 10 heavy (non-hydrogen) atoms. The average molecular weight is 141 g/mol. The van der Waals surface area contributed by atoms with Crippen molar-refractivity contribution in [3.63, 3.8) is 0 Å². The van der Waals surface area contributed by atoms with Gasteiger partial charge in [-0.1, -0.05) is 6.42 Å². The summed E-state index contributed by atoms with van der Waals surface area (Å²) >= 11 is 0. The fourth-order valence-electron chi connectivity index (χ4n) is 0.999. The zero-order chi connectivity index (χ0) is 10.4. The molecule has 0 aliphatic carbocycles. The van der Waals surface area contributed by atoms with Crippen LogP contribution in [-0.2, 0) is 12.9 Å². The van der Waals surface area contributed by atoms with Crippen LogP contribution < -0.4 is 0 Å². The van der Waals surface area contributed by atoms with Gasteiger partial charge in [-0.15, -0.1) is 10.2 Å². The molecule has 54 valence electrons. The Morgan fingerprint density at radius 2 is 2.60 bits per heavy atom. The van der Waals surface area contributed by atoms with Gasteiger partial charge in [0, 0.05) is 18.4 Å². The van der Waals surface area contributed by atoms with Gasteiger partial charge in [0.25, 0.3) is 0 Å². The van der Waals surface area contributed by atoms with Crippen LogP contribution in [0.3, 0.4) is 0 Å². The number of hydrogen-bond acceptors (Lipinski definition) is 2. The van der Waals surface area contributed by atoms with Gasteiger partial charge in [0.2, 0.25) is 0 Å². The van der Waals surface area contributed by atoms with E-state index in [1.165, 1.54) is 10.9 Å². The van der Waals surface area contributed by atoms with Gasteiger partial charge in [-0.05, 0) is 12.8 Å². The fourth-order valence-corrected chi connectivity index (χ4v) is 0.999. The normalized spacial score (nSPS) is 34.0. The van der Waals surface area contributed by atoms with Gasteiger partial charge in [-0.25, -0.2) is 0 Å². The highest BCUT2D eigenvalue weighted by atomic mass is 15.3. The molecule has 0 N–H and O–H groups in total. The van der Waals surface area contributed by atoms with Crippen molar-refractivity contribution in [2.24, 2.45) is 0 Å². The molecule has 1 aromatic heterocycles. The first-order valence-corrected chi connectivity index (χ1v) is 3.34. The molecule has 1 aromatic rings. The van der Waals surface area contributed by atoms with Crippen molar-refractivity contribution in [3.05, 3.63) is 12.2 Å². The molecule has 1 aliphatic heterocycles. The lowest BCUT2D eigenvalue weighted by molar-refractivity contribution is 0.632. The minimum atomic E-state index is -2.05. The summed E-state index contributed by atoms with van der Waals surface area (Å²) in [7, 11) is 0. The molecule has 0 spiro atoms. The van der Waals surface area contributed by atoms with Crippen molar-refractivity contribution in [1.82, 2.24) is 14.8 Å². The topological polar surface area (TPSA) is 30.7 Å². The van der Waals surface area contributed by atoms with Crippen LogP contribution in [-0.4, -0.2) is 14.8 Å². The predicted molar refractivity (Wildman–Crippen MR) is 37.6 cm³/mol. The third kappa shape index (κ3) is 0.916. The van der Waals surface area contributed by atoms with Gasteiger partial charge >= 0.3 is 0 Å². The van der Waals surface area contributed by atoms with Crippen molar-refractivity contribution in [2.75, 3.05) is 0 Å². The minimum Gasteiger partial charge on any atom is -0.318 e. The Labute approximate surface area is 65.7 Å². The maximum Gasteiger partial charge on any atom is 0.132 e. The Balaban J connectivity index is 2.53. The second kappa shape index (κ2) is 2.40. The highest BCUT2D eigenvalue weighted by Crippen LogP contribution is 2.10. The predicted octanol–water partition coefficient (Wildman–Crippen LogP) is 1.00. The van der Waals surface area contributed by atoms with E-state index in [1.54, 1.807) is 0 Å². The lowest BCUT2D eigenvalue weighted by Gasteiger charge is -1.97. The third-order valence-electron chi connectivity index (χ3n) is 1.52. The number of hydrogen-bond donors (Lipinski definition) is 0. The molecule has 3 heteroatoms. The van der Waals surface area contributed by atoms with E-state index in [1.807, 2.05) is 0 Å². The second-order valence-corrected chi connectivity index (χ2v) is 2.26. The van der Waals surface area contributed by atoms with Crippen LogP contribution in [0.4, 0.5) is 0 Å². The molecule has 0 saturated carbocycles. The summed E-state index contributed by atoms with van der Waals surface area (Å²) in [5.74, 6) is 0.524. The molecule has 3 nitrogen and oxygen atoms in total. The number of fused-ring (bicyclic) bond motifs is 1. The highest BCUT2D eigenvalue weighted by Gasteiger charge is 2.06. The van der Waals surface area contributed by atoms with Gasteiger partial charge in [0.15, 0.2) is 0 Å². The third-order valence-corrected chi connectivity index (χ3v) is 1.52. The largest absolute Gasteiger partial charge is 0.318 e. The molecule has 0 saturated heterocycles. The second-order valence-electron chi connectivity index (χ2n) is 2.26. The van der Waals surface area contributed by atoms with Gasteiger partial charge in [0.1, 0.15) is 12.2 Å². The van der Waals surface area contributed by atoms with Crippen LogP contribution in [0, 0.1) is 0 Å². The summed E-state index contributed by atoms with van der Waals surface area (Å²) in [5, 5.41) is 7.40. The first-order valence-electron chi connectivity index (χ1n) is 5.34. The lowest BCUT2D eigenvalue weighted by atomic mass is 10.2. The number of aryl methyl sites for hydroxylation is 2. The van der Waals surface area contributed by atoms with Crippen molar-refractivity contribution in [1.29, 1.82) is 0 Å². The zero-order valence-corrected chi connectivity index (χ0v) is 5.54. The molecular formula is C7H11N3.